The summed E-state index contributed by atoms with van der Waals surface area (Å²) in [6.45, 7) is -15.6. The Hall–Kier alpha value is -3.81. The number of hydrogen-bond acceptors (Lipinski definition) is 6. The molecular weight excluding hydrogens is 1560 g/mol. The van der Waals surface area contributed by atoms with Crippen LogP contribution in [0.4, 0.5) is 224 Å². The summed E-state index contributed by atoms with van der Waals surface area (Å²) in [5, 5.41) is 32.4. The smallest absolute Gasteiger partial charge is 0.379 e. The first-order chi connectivity index (χ1) is 42.1. The molecule has 0 aliphatic heterocycles. The van der Waals surface area contributed by atoms with Crippen molar-refractivity contribution in [3.63, 3.8) is 0 Å². The molecule has 98 heavy (non-hydrogen) atoms. The highest BCUT2D eigenvalue weighted by molar-refractivity contribution is 5.57. The van der Waals surface area contributed by atoms with E-state index in [0.717, 1.165) is 0 Å². The molecule has 57 heteroatoms. The molecule has 0 aromatic heterocycles. The zero-order valence-corrected chi connectivity index (χ0v) is 43.7. The molecule has 12 aliphatic rings. The van der Waals surface area contributed by atoms with E-state index in [1.807, 2.05) is 0 Å². The van der Waals surface area contributed by atoms with Gasteiger partial charge in [0.1, 0.15) is 0 Å². The zero-order chi connectivity index (χ0) is 78.0. The Labute approximate surface area is 496 Å². The van der Waals surface area contributed by atoms with E-state index in [1.165, 1.54) is 0 Å². The molecule has 0 aromatic rings. The number of hydrogen-bond donors (Lipinski definition) is 3. The van der Waals surface area contributed by atoms with Gasteiger partial charge in [0.25, 0.3) is 16.2 Å². The molecule has 3 unspecified atom stereocenters. The molecule has 572 valence electrons. The van der Waals surface area contributed by atoms with E-state index in [0.29, 0.717) is 0 Å². The lowest BCUT2D eigenvalue weighted by Gasteiger charge is -2.75. The Kier molecular flexibility index (Phi) is 13.7. The Balaban J connectivity index is 1.22. The molecule has 0 radical (unpaired) electrons. The molecule has 0 spiro atoms. The van der Waals surface area contributed by atoms with Gasteiger partial charge in [0.2, 0.25) is 0 Å². The minimum absolute atomic E-state index is 1.56. The number of rotatable bonds is 15. The summed E-state index contributed by atoms with van der Waals surface area (Å²) in [5.74, 6) is -168. The summed E-state index contributed by atoms with van der Waals surface area (Å²) in [5.41, 5.74) is -118. The fourth-order valence-electron chi connectivity index (χ4n) is 15.3. The molecule has 12 aliphatic carbocycles. The number of aliphatic hydroxyl groups excluding tert-OH is 3. The summed E-state index contributed by atoms with van der Waals surface area (Å²) < 4.78 is 803. The topological polar surface area (TPSA) is 88.4 Å². The number of ether oxygens (including phenoxy) is 3. The van der Waals surface area contributed by atoms with Crippen LogP contribution in [0.15, 0.2) is 0 Å². The van der Waals surface area contributed by atoms with E-state index in [-0.39, 0.29) is 0 Å². The fourth-order valence-corrected chi connectivity index (χ4v) is 15.3. The molecule has 0 saturated heterocycles. The van der Waals surface area contributed by atoms with Gasteiger partial charge in [-0.25, -0.2) is 119 Å². The molecule has 3 atom stereocenters. The van der Waals surface area contributed by atoms with Crippen molar-refractivity contribution in [2.75, 3.05) is 19.8 Å². The monoisotopic (exact) mass is 1570 g/mol. The third-order valence-electron chi connectivity index (χ3n) is 20.7. The van der Waals surface area contributed by atoms with Gasteiger partial charge in [0.05, 0.1) is 43.5 Å². The van der Waals surface area contributed by atoms with E-state index >= 15 is 224 Å². The molecule has 0 amide bonds. The van der Waals surface area contributed by atoms with E-state index in [2.05, 4.69) is 14.2 Å². The Bertz CT molecular complexity index is 2740. The van der Waals surface area contributed by atoms with Crippen LogP contribution >= 0.6 is 0 Å². The van der Waals surface area contributed by atoms with Gasteiger partial charge in [0, 0.05) is 0 Å². The largest absolute Gasteiger partial charge is 0.390 e. The second-order valence-electron chi connectivity index (χ2n) is 23.9. The van der Waals surface area contributed by atoms with E-state index in [4.69, 9.17) is 0 Å². The first kappa shape index (κ1) is 78.3. The molecule has 0 heterocycles. The summed E-state index contributed by atoms with van der Waals surface area (Å²) in [7, 11) is 0. The van der Waals surface area contributed by atoms with Crippen molar-refractivity contribution in [2.45, 2.75) is 201 Å². The molecule has 12 saturated carbocycles. The summed E-state index contributed by atoms with van der Waals surface area (Å²) in [6, 6.07) is 0. The maximum absolute atomic E-state index is 16.2. The average molecular weight is 1570 g/mol. The predicted molar refractivity (Wildman–Crippen MR) is 190 cm³/mol. The quantitative estimate of drug-likeness (QED) is 0.142. The van der Waals surface area contributed by atoms with Crippen LogP contribution in [0.3, 0.4) is 0 Å². The highest BCUT2D eigenvalue weighted by atomic mass is 19.4. The van der Waals surface area contributed by atoms with E-state index in [9.17, 15) is 15.3 Å². The second-order valence-corrected chi connectivity index (χ2v) is 23.9. The van der Waals surface area contributed by atoms with Gasteiger partial charge in [0.15, 0.2) is 0 Å². The van der Waals surface area contributed by atoms with Gasteiger partial charge in [-0.15, -0.1) is 0 Å². The van der Waals surface area contributed by atoms with Crippen LogP contribution in [-0.2, 0) is 14.2 Å². The van der Waals surface area contributed by atoms with Crippen LogP contribution in [0.25, 0.3) is 0 Å². The first-order valence-electron chi connectivity index (χ1n) is 24.2. The van der Waals surface area contributed by atoms with Crippen LogP contribution in [0.1, 0.15) is 6.92 Å². The second kappa shape index (κ2) is 17.1. The van der Waals surface area contributed by atoms with E-state index in [1.54, 1.807) is 0 Å². The summed E-state index contributed by atoms with van der Waals surface area (Å²) >= 11 is 0. The fraction of sp³-hybridized carbons (Fsp3) is 1.00. The molecule has 0 aromatic carbocycles. The lowest BCUT2D eigenvalue weighted by molar-refractivity contribution is -0.641. The normalized spacial score (nSPS) is 47.7. The van der Waals surface area contributed by atoms with Crippen molar-refractivity contribution in [1.29, 1.82) is 0 Å². The highest BCUT2D eigenvalue weighted by Gasteiger charge is 3.29. The number of alkyl halides is 51. The van der Waals surface area contributed by atoms with Crippen molar-refractivity contribution in [2.24, 2.45) is 21.7 Å². The molecule has 3 N–H and O–H groups in total. The third-order valence-corrected chi connectivity index (χ3v) is 20.7. The maximum Gasteiger partial charge on any atom is 0.379 e. The van der Waals surface area contributed by atoms with Crippen LogP contribution in [0.2, 0.25) is 0 Å². The number of aliphatic hydroxyl groups is 3. The van der Waals surface area contributed by atoms with Gasteiger partial charge in [-0.1, -0.05) is 6.92 Å². The average Bonchev–Trinajstić information content (AvgIpc) is 0.599. The first-order valence-corrected chi connectivity index (χ1v) is 24.2. The van der Waals surface area contributed by atoms with Crippen molar-refractivity contribution in [1.82, 2.24) is 0 Å². The van der Waals surface area contributed by atoms with E-state index < -0.39 is 243 Å². The summed E-state index contributed by atoms with van der Waals surface area (Å²) in [4.78, 5) is 0. The predicted octanol–water partition coefficient (Wildman–Crippen LogP) is 13.8. The van der Waals surface area contributed by atoms with Crippen LogP contribution < -0.4 is 0 Å². The van der Waals surface area contributed by atoms with Crippen LogP contribution in [0.5, 0.6) is 0 Å². The molecule has 12 bridgehead atoms. The maximum atomic E-state index is 16.2. The Morgan fingerprint density at radius 3 is 0.388 bits per heavy atom. The van der Waals surface area contributed by atoms with Gasteiger partial charge >= 0.3 is 176 Å². The lowest BCUT2D eigenvalue weighted by atomic mass is 9.36. The Morgan fingerprint density at radius 2 is 0.296 bits per heavy atom. The van der Waals surface area contributed by atoms with Gasteiger partial charge < -0.3 is 29.5 Å². The van der Waals surface area contributed by atoms with Crippen molar-refractivity contribution < 1.29 is 253 Å². The van der Waals surface area contributed by atoms with Gasteiger partial charge in [-0.2, -0.15) is 105 Å². The molecule has 12 rings (SSSR count). The van der Waals surface area contributed by atoms with Crippen molar-refractivity contribution in [3.8, 4) is 0 Å². The molecular formula is C41H15F51O6. The van der Waals surface area contributed by atoms with Crippen LogP contribution in [-0.4, -0.2) is 229 Å². The number of halogens is 51. The van der Waals surface area contributed by atoms with Gasteiger partial charge in [-0.05, 0) is 0 Å². The van der Waals surface area contributed by atoms with Gasteiger partial charge in [-0.3, -0.25) is 0 Å². The van der Waals surface area contributed by atoms with Crippen molar-refractivity contribution >= 4 is 0 Å². The molecule has 12 fully saturated rings. The highest BCUT2D eigenvalue weighted by Crippen LogP contribution is 2.97. The molecule has 6 nitrogen and oxygen atoms in total. The lowest BCUT2D eigenvalue weighted by Crippen LogP contribution is -3.09. The standard InChI is InChI=1S/C41H15F51O6/c1-8(5(93)2-96-39(87,88)9-21(51,52)12(42)30(69,70)13(43,22(9,53)54)32(73,74)14(44,23(9,55)56)31(12,71)72,6(94)3-97-40(89,90)10-24(57,58)15(45)33(75,76)16(46,25(10,59)60)35(79,80)17(47,26(10,61)62)34(15,77)78)7(95)4-98-41(91,92)11-27(63,64)18(48)36(81,82)19(49,28(11,65)66)38(85,86)20(50,29(11,67)68)37(18,83)84/h5-7,93-95H,2-4H2,1H3. The Morgan fingerprint density at radius 1 is 0.204 bits per heavy atom. The SMILES string of the molecule is CC(C(O)COC(F)(F)C12C(F)(F)C3(F)C(F)(F)C(F)(C(F)(F)C(F)(C3(F)F)C1(F)F)C2(F)F)(C(O)COC(F)(F)C12C(F)(F)C3(F)C(F)(F)C(F)(C(F)(F)C(F)(C3(F)F)C1(F)F)C2(F)F)C(O)COC(F)(F)C12C(F)(F)C3(F)C(F)(F)C(F)(C(F)(F)C(F)(C3(F)F)C1(F)F)C2(F)F. The minimum atomic E-state index is -9.54. The summed E-state index contributed by atoms with van der Waals surface area (Å²) in [6.07, 6.45) is -44.4. The third kappa shape index (κ3) is 5.22. The van der Waals surface area contributed by atoms with Crippen LogP contribution in [0, 0.1) is 21.7 Å². The minimum Gasteiger partial charge on any atom is -0.390 e. The zero-order valence-electron chi connectivity index (χ0n) is 43.7. The van der Waals surface area contributed by atoms with Crippen molar-refractivity contribution in [3.05, 3.63) is 0 Å².